The van der Waals surface area contributed by atoms with Gasteiger partial charge >= 0.3 is 5.97 Å². The number of carbonyl (C=O) groups excluding carboxylic acids is 4. The van der Waals surface area contributed by atoms with Crippen molar-refractivity contribution in [3.8, 4) is 0 Å². The van der Waals surface area contributed by atoms with E-state index in [0.717, 1.165) is 19.4 Å². The van der Waals surface area contributed by atoms with Gasteiger partial charge in [0.1, 0.15) is 24.7 Å². The van der Waals surface area contributed by atoms with Crippen LogP contribution in [0.2, 0.25) is 0 Å². The first-order valence-corrected chi connectivity index (χ1v) is 14.4. The molecule has 2 fully saturated rings. The van der Waals surface area contributed by atoms with Crippen molar-refractivity contribution in [2.45, 2.75) is 81.6 Å². The Balaban J connectivity index is 2.13. The zero-order valence-electron chi connectivity index (χ0n) is 24.5. The fourth-order valence-corrected chi connectivity index (χ4v) is 5.25. The molecular weight excluding hydrogens is 550 g/mol. The van der Waals surface area contributed by atoms with E-state index in [1.807, 2.05) is 19.0 Å². The lowest BCUT2D eigenvalue weighted by Gasteiger charge is -2.33. The van der Waals surface area contributed by atoms with E-state index in [1.165, 1.54) is 9.80 Å². The molecule has 4 amide bonds. The molecule has 0 aliphatic carbocycles. The number of carboxylic acids is 1. The van der Waals surface area contributed by atoms with Crippen LogP contribution in [0.25, 0.3) is 0 Å². The highest BCUT2D eigenvalue weighted by Crippen LogP contribution is 2.26. The van der Waals surface area contributed by atoms with Crippen LogP contribution in [0.15, 0.2) is 0 Å². The van der Waals surface area contributed by atoms with Crippen molar-refractivity contribution in [2.75, 3.05) is 46.8 Å². The van der Waals surface area contributed by atoms with E-state index in [1.54, 1.807) is 0 Å². The third kappa shape index (κ3) is 10.7. The monoisotopic (exact) mass is 597 g/mol. The highest BCUT2D eigenvalue weighted by molar-refractivity contribution is 5.96. The second kappa shape index (κ2) is 16.8. The summed E-state index contributed by atoms with van der Waals surface area (Å²) in [6.45, 7) is 0.670. The number of nitrogens with two attached hydrogens (primary N) is 2. The quantitative estimate of drug-likeness (QED) is 0.0504. The van der Waals surface area contributed by atoms with E-state index in [9.17, 15) is 29.1 Å². The first-order valence-electron chi connectivity index (χ1n) is 14.4. The molecule has 0 aromatic heterocycles. The number of aliphatic hydroxyl groups is 1. The van der Waals surface area contributed by atoms with Crippen molar-refractivity contribution in [3.05, 3.63) is 0 Å². The lowest BCUT2D eigenvalue weighted by molar-refractivity contribution is -0.148. The Morgan fingerprint density at radius 1 is 1.05 bits per heavy atom. The van der Waals surface area contributed by atoms with Crippen LogP contribution >= 0.6 is 0 Å². The molecule has 42 heavy (non-hydrogen) atoms. The summed E-state index contributed by atoms with van der Waals surface area (Å²) in [5.74, 6) is -3.62. The van der Waals surface area contributed by atoms with Gasteiger partial charge in [0.25, 0.3) is 0 Å². The van der Waals surface area contributed by atoms with Gasteiger partial charge in [-0.3, -0.25) is 29.4 Å². The second-order valence-corrected chi connectivity index (χ2v) is 11.1. The standard InChI is InChI=1S/C26H47N9O7/c1-33(2)11-4-3-7-17(27)22(39)32-18(8-5-10-30-26(28)29)24(41)34-12-6-9-19(34)25(42)35-15-16(36)13-20(35)23(40)31-14-21(37)38/h16-20,36H,3-15,27H2,1-2H3,(H,31,40)(H,32,39)(H,37,38)(H4,28,29,30)/t16-,17+,18+,19+,20+/m1/s1. The van der Waals surface area contributed by atoms with Crippen LogP contribution in [-0.2, 0) is 24.0 Å². The van der Waals surface area contributed by atoms with Gasteiger partial charge in [0.05, 0.1) is 12.1 Å². The van der Waals surface area contributed by atoms with Gasteiger partial charge < -0.3 is 52.3 Å². The minimum absolute atomic E-state index is 0.0495. The molecule has 10 N–H and O–H groups in total. The van der Waals surface area contributed by atoms with Gasteiger partial charge in [-0.25, -0.2) is 0 Å². The number of rotatable bonds is 16. The Hall–Kier alpha value is -3.50. The number of β-amino-alcohol motifs (C(OH)–C–C–N with tert-alkyl or cyclic N) is 1. The second-order valence-electron chi connectivity index (χ2n) is 11.1. The van der Waals surface area contributed by atoms with E-state index in [4.69, 9.17) is 22.0 Å². The zero-order chi connectivity index (χ0) is 31.4. The summed E-state index contributed by atoms with van der Waals surface area (Å²) in [6.07, 6.45) is 2.48. The number of amides is 4. The Morgan fingerprint density at radius 2 is 1.76 bits per heavy atom. The van der Waals surface area contributed by atoms with Gasteiger partial charge in [-0.2, -0.15) is 0 Å². The lowest BCUT2D eigenvalue weighted by Crippen LogP contribution is -2.57. The maximum Gasteiger partial charge on any atom is 0.322 e. The van der Waals surface area contributed by atoms with E-state index < -0.39 is 66.4 Å². The Labute approximate surface area is 246 Å². The Kier molecular flexibility index (Phi) is 13.9. The molecule has 0 bridgehead atoms. The van der Waals surface area contributed by atoms with Gasteiger partial charge in [0.15, 0.2) is 5.96 Å². The molecule has 2 saturated heterocycles. The van der Waals surface area contributed by atoms with Crippen molar-refractivity contribution in [1.29, 1.82) is 5.41 Å². The molecule has 2 heterocycles. The fourth-order valence-electron chi connectivity index (χ4n) is 5.25. The number of nitrogens with zero attached hydrogens (tertiary/aromatic N) is 3. The molecule has 238 valence electrons. The number of carboxylic acid groups (broad SMARTS) is 1. The van der Waals surface area contributed by atoms with Gasteiger partial charge in [-0.15, -0.1) is 0 Å². The number of hydrogen-bond donors (Lipinski definition) is 8. The smallest absolute Gasteiger partial charge is 0.322 e. The van der Waals surface area contributed by atoms with E-state index >= 15 is 0 Å². The highest BCUT2D eigenvalue weighted by Gasteiger charge is 2.45. The number of guanidine groups is 1. The summed E-state index contributed by atoms with van der Waals surface area (Å²) in [5.41, 5.74) is 11.5. The summed E-state index contributed by atoms with van der Waals surface area (Å²) < 4.78 is 0. The van der Waals surface area contributed by atoms with Crippen molar-refractivity contribution >= 4 is 35.6 Å². The van der Waals surface area contributed by atoms with Crippen LogP contribution in [0.5, 0.6) is 0 Å². The summed E-state index contributed by atoms with van der Waals surface area (Å²) in [7, 11) is 3.92. The van der Waals surface area contributed by atoms with E-state index in [-0.39, 0.29) is 31.9 Å². The topological polar surface area (TPSA) is 248 Å². The minimum atomic E-state index is -1.24. The fraction of sp³-hybridized carbons (Fsp3) is 0.769. The molecule has 16 heteroatoms. The van der Waals surface area contributed by atoms with E-state index in [2.05, 4.69) is 16.0 Å². The largest absolute Gasteiger partial charge is 0.480 e. The predicted molar refractivity (Wildman–Crippen MR) is 153 cm³/mol. The highest BCUT2D eigenvalue weighted by atomic mass is 16.4. The van der Waals surface area contributed by atoms with Gasteiger partial charge in [-0.05, 0) is 59.2 Å². The van der Waals surface area contributed by atoms with Crippen LogP contribution in [-0.4, -0.2) is 138 Å². The number of aliphatic hydroxyl groups excluding tert-OH is 1. The number of unbranched alkanes of at least 4 members (excludes halogenated alkanes) is 1. The maximum atomic E-state index is 13.8. The predicted octanol–water partition coefficient (Wildman–Crippen LogP) is -3.05. The number of aliphatic carboxylic acids is 1. The normalized spacial score (nSPS) is 21.6. The van der Waals surface area contributed by atoms with Gasteiger partial charge in [0, 0.05) is 26.1 Å². The molecule has 0 saturated carbocycles. The van der Waals surface area contributed by atoms with Crippen molar-refractivity contribution in [1.82, 2.24) is 30.7 Å². The molecule has 0 spiro atoms. The number of likely N-dealkylation sites (tertiary alicyclic amines) is 2. The van der Waals surface area contributed by atoms with Crippen LogP contribution < -0.4 is 27.4 Å². The number of nitrogens with one attached hydrogen (secondary N) is 4. The van der Waals surface area contributed by atoms with Gasteiger partial charge in [-0.1, -0.05) is 6.42 Å². The van der Waals surface area contributed by atoms with Crippen LogP contribution in [0.1, 0.15) is 51.4 Å². The molecule has 0 radical (unpaired) electrons. The Morgan fingerprint density at radius 3 is 2.40 bits per heavy atom. The molecule has 0 aromatic rings. The third-order valence-electron chi connectivity index (χ3n) is 7.41. The average Bonchev–Trinajstić information content (AvgIpc) is 3.57. The molecule has 0 unspecified atom stereocenters. The molecule has 2 rings (SSSR count). The van der Waals surface area contributed by atoms with Crippen molar-refractivity contribution in [2.24, 2.45) is 11.5 Å². The van der Waals surface area contributed by atoms with Crippen LogP contribution in [0.4, 0.5) is 0 Å². The summed E-state index contributed by atoms with van der Waals surface area (Å²) in [4.78, 5) is 68.4. The molecule has 16 nitrogen and oxygen atoms in total. The number of carbonyl (C=O) groups is 5. The Bertz CT molecular complexity index is 980. The molecule has 2 aliphatic heterocycles. The summed E-state index contributed by atoms with van der Waals surface area (Å²) >= 11 is 0. The maximum absolute atomic E-state index is 13.8. The number of hydrogen-bond acceptors (Lipinski definition) is 9. The zero-order valence-corrected chi connectivity index (χ0v) is 24.5. The van der Waals surface area contributed by atoms with E-state index in [0.29, 0.717) is 32.2 Å². The van der Waals surface area contributed by atoms with Crippen LogP contribution in [0, 0.1) is 5.41 Å². The molecule has 0 aromatic carbocycles. The molecular formula is C26H47N9O7. The minimum Gasteiger partial charge on any atom is -0.480 e. The lowest BCUT2D eigenvalue weighted by atomic mass is 10.1. The van der Waals surface area contributed by atoms with Crippen molar-refractivity contribution in [3.63, 3.8) is 0 Å². The molecule has 5 atom stereocenters. The van der Waals surface area contributed by atoms with Crippen molar-refractivity contribution < 1.29 is 34.2 Å². The summed E-state index contributed by atoms with van der Waals surface area (Å²) in [5, 5.41) is 34.1. The molecule has 2 aliphatic rings. The SMILES string of the molecule is CN(C)CCCC[C@H](N)C(=O)N[C@@H](CCCNC(=N)N)C(=O)N1CCC[C@H]1C(=O)N1C[C@H](O)C[C@H]1C(=O)NCC(=O)O. The summed E-state index contributed by atoms with van der Waals surface area (Å²) in [6, 6.07) is -3.77. The third-order valence-corrected chi connectivity index (χ3v) is 7.41. The first kappa shape index (κ1) is 34.7. The average molecular weight is 598 g/mol. The van der Waals surface area contributed by atoms with Gasteiger partial charge in [0.2, 0.25) is 23.6 Å². The van der Waals surface area contributed by atoms with Crippen LogP contribution in [0.3, 0.4) is 0 Å². The first-order chi connectivity index (χ1) is 19.8.